The molecule has 2 aromatic heterocycles. The standard InChI is InChI=1S/C12H16N2S2/c1-2-9-5-6-12(16-9)11(14-13)8-10-4-3-7-15-10/h3-7,11,14H,2,8,13H2,1H3. The van der Waals surface area contributed by atoms with E-state index in [4.69, 9.17) is 5.84 Å². The lowest BCUT2D eigenvalue weighted by Gasteiger charge is -2.12. The first-order valence-electron chi connectivity index (χ1n) is 5.40. The molecule has 0 aliphatic heterocycles. The number of aryl methyl sites for hydroxylation is 1. The second-order valence-electron chi connectivity index (χ2n) is 3.66. The molecule has 0 fully saturated rings. The fourth-order valence-electron chi connectivity index (χ4n) is 1.64. The summed E-state index contributed by atoms with van der Waals surface area (Å²) in [5.74, 6) is 5.63. The third-order valence-corrected chi connectivity index (χ3v) is 4.80. The summed E-state index contributed by atoms with van der Waals surface area (Å²) >= 11 is 3.63. The zero-order chi connectivity index (χ0) is 11.4. The van der Waals surface area contributed by atoms with E-state index in [9.17, 15) is 0 Å². The van der Waals surface area contributed by atoms with Gasteiger partial charge in [-0.1, -0.05) is 13.0 Å². The molecule has 0 spiro atoms. The minimum absolute atomic E-state index is 0.240. The van der Waals surface area contributed by atoms with E-state index in [1.807, 2.05) is 11.3 Å². The molecular formula is C12H16N2S2. The number of hydrazine groups is 1. The molecule has 0 bridgehead atoms. The Labute approximate surface area is 104 Å². The number of nitrogens with one attached hydrogen (secondary N) is 1. The van der Waals surface area contributed by atoms with E-state index in [1.54, 1.807) is 11.3 Å². The smallest absolute Gasteiger partial charge is 0.0601 e. The van der Waals surface area contributed by atoms with E-state index in [0.29, 0.717) is 0 Å². The van der Waals surface area contributed by atoms with Gasteiger partial charge in [-0.05, 0) is 30.0 Å². The quantitative estimate of drug-likeness (QED) is 0.634. The first-order chi connectivity index (χ1) is 7.83. The van der Waals surface area contributed by atoms with Crippen molar-refractivity contribution in [2.24, 2.45) is 5.84 Å². The summed E-state index contributed by atoms with van der Waals surface area (Å²) in [5, 5.41) is 2.11. The van der Waals surface area contributed by atoms with Gasteiger partial charge in [-0.15, -0.1) is 22.7 Å². The van der Waals surface area contributed by atoms with Crippen molar-refractivity contribution in [1.82, 2.24) is 5.43 Å². The lowest BCUT2D eigenvalue weighted by atomic mass is 10.1. The van der Waals surface area contributed by atoms with Crippen LogP contribution in [-0.2, 0) is 12.8 Å². The summed E-state index contributed by atoms with van der Waals surface area (Å²) in [6, 6.07) is 8.85. The summed E-state index contributed by atoms with van der Waals surface area (Å²) < 4.78 is 0. The van der Waals surface area contributed by atoms with E-state index in [2.05, 4.69) is 42.0 Å². The minimum atomic E-state index is 0.240. The molecule has 2 nitrogen and oxygen atoms in total. The van der Waals surface area contributed by atoms with Crippen LogP contribution >= 0.6 is 22.7 Å². The summed E-state index contributed by atoms with van der Waals surface area (Å²) in [4.78, 5) is 4.11. The van der Waals surface area contributed by atoms with Gasteiger partial charge in [0.1, 0.15) is 0 Å². The van der Waals surface area contributed by atoms with Crippen LogP contribution in [0.2, 0.25) is 0 Å². The molecule has 0 saturated carbocycles. The number of rotatable bonds is 5. The first-order valence-corrected chi connectivity index (χ1v) is 7.10. The van der Waals surface area contributed by atoms with Crippen molar-refractivity contribution in [1.29, 1.82) is 0 Å². The third-order valence-electron chi connectivity index (χ3n) is 2.56. The highest BCUT2D eigenvalue weighted by Gasteiger charge is 2.13. The molecule has 86 valence electrons. The molecule has 2 aromatic rings. The fraction of sp³-hybridized carbons (Fsp3) is 0.333. The highest BCUT2D eigenvalue weighted by atomic mass is 32.1. The van der Waals surface area contributed by atoms with Crippen LogP contribution in [0.3, 0.4) is 0 Å². The van der Waals surface area contributed by atoms with Crippen molar-refractivity contribution >= 4 is 22.7 Å². The molecule has 0 radical (unpaired) electrons. The fourth-order valence-corrected chi connectivity index (χ4v) is 3.41. The third kappa shape index (κ3) is 2.71. The number of hydrogen-bond donors (Lipinski definition) is 2. The monoisotopic (exact) mass is 252 g/mol. The highest BCUT2D eigenvalue weighted by molar-refractivity contribution is 7.12. The molecular weight excluding hydrogens is 236 g/mol. The largest absolute Gasteiger partial charge is 0.271 e. The van der Waals surface area contributed by atoms with E-state index >= 15 is 0 Å². The Hall–Kier alpha value is -0.680. The van der Waals surface area contributed by atoms with E-state index in [1.165, 1.54) is 14.6 Å². The molecule has 1 unspecified atom stereocenters. The molecule has 3 N–H and O–H groups in total. The van der Waals surface area contributed by atoms with Gasteiger partial charge in [0, 0.05) is 21.1 Å². The van der Waals surface area contributed by atoms with Crippen LogP contribution in [0, 0.1) is 0 Å². The molecule has 0 aliphatic rings. The van der Waals surface area contributed by atoms with Gasteiger partial charge in [0.2, 0.25) is 0 Å². The average molecular weight is 252 g/mol. The summed E-state index contributed by atoms with van der Waals surface area (Å²) in [5.41, 5.74) is 2.91. The van der Waals surface area contributed by atoms with E-state index in [-0.39, 0.29) is 6.04 Å². The SMILES string of the molecule is CCc1ccc(C(Cc2cccs2)NN)s1. The molecule has 4 heteroatoms. The van der Waals surface area contributed by atoms with Crippen LogP contribution in [0.5, 0.6) is 0 Å². The second kappa shape index (κ2) is 5.59. The summed E-state index contributed by atoms with van der Waals surface area (Å²) in [7, 11) is 0. The maximum atomic E-state index is 5.63. The number of hydrogen-bond acceptors (Lipinski definition) is 4. The first kappa shape index (κ1) is 11.8. The van der Waals surface area contributed by atoms with E-state index < -0.39 is 0 Å². The van der Waals surface area contributed by atoms with Crippen LogP contribution in [-0.4, -0.2) is 0 Å². The van der Waals surface area contributed by atoms with Crippen LogP contribution in [0.1, 0.15) is 27.6 Å². The zero-order valence-corrected chi connectivity index (χ0v) is 10.9. The van der Waals surface area contributed by atoms with Gasteiger partial charge < -0.3 is 0 Å². The van der Waals surface area contributed by atoms with Gasteiger partial charge in [0.05, 0.1) is 6.04 Å². The summed E-state index contributed by atoms with van der Waals surface area (Å²) in [6.45, 7) is 2.18. The lowest BCUT2D eigenvalue weighted by molar-refractivity contribution is 0.564. The van der Waals surface area contributed by atoms with Gasteiger partial charge in [0.15, 0.2) is 0 Å². The van der Waals surface area contributed by atoms with Gasteiger partial charge in [-0.2, -0.15) is 0 Å². The van der Waals surface area contributed by atoms with Crippen LogP contribution in [0.15, 0.2) is 29.6 Å². The zero-order valence-electron chi connectivity index (χ0n) is 9.27. The van der Waals surface area contributed by atoms with Crippen molar-refractivity contribution in [3.63, 3.8) is 0 Å². The number of thiophene rings is 2. The molecule has 2 heterocycles. The predicted octanol–water partition coefficient (Wildman–Crippen LogP) is 3.12. The maximum Gasteiger partial charge on any atom is 0.0601 e. The Bertz CT molecular complexity index is 420. The van der Waals surface area contributed by atoms with Crippen molar-refractivity contribution in [3.8, 4) is 0 Å². The molecule has 0 saturated heterocycles. The van der Waals surface area contributed by atoms with Crippen LogP contribution in [0.4, 0.5) is 0 Å². The van der Waals surface area contributed by atoms with Gasteiger partial charge in [0.25, 0.3) is 0 Å². The maximum absolute atomic E-state index is 5.63. The highest BCUT2D eigenvalue weighted by Crippen LogP contribution is 2.27. The Morgan fingerprint density at radius 3 is 2.75 bits per heavy atom. The molecule has 2 rings (SSSR count). The molecule has 1 atom stereocenters. The van der Waals surface area contributed by atoms with E-state index in [0.717, 1.165) is 12.8 Å². The Balaban J connectivity index is 2.10. The Morgan fingerprint density at radius 2 is 2.19 bits per heavy atom. The van der Waals surface area contributed by atoms with Crippen LogP contribution < -0.4 is 11.3 Å². The average Bonchev–Trinajstić information content (AvgIpc) is 2.96. The molecule has 0 amide bonds. The molecule has 0 aromatic carbocycles. The van der Waals surface area contributed by atoms with Crippen molar-refractivity contribution < 1.29 is 0 Å². The van der Waals surface area contributed by atoms with Crippen LogP contribution in [0.25, 0.3) is 0 Å². The minimum Gasteiger partial charge on any atom is -0.271 e. The Morgan fingerprint density at radius 1 is 1.31 bits per heavy atom. The lowest BCUT2D eigenvalue weighted by Crippen LogP contribution is -2.28. The van der Waals surface area contributed by atoms with Crippen molar-refractivity contribution in [2.75, 3.05) is 0 Å². The topological polar surface area (TPSA) is 38.0 Å². The van der Waals surface area contributed by atoms with Gasteiger partial charge in [-0.3, -0.25) is 11.3 Å². The Kier molecular flexibility index (Phi) is 4.12. The normalized spacial score (nSPS) is 12.9. The van der Waals surface area contributed by atoms with Gasteiger partial charge in [-0.25, -0.2) is 0 Å². The predicted molar refractivity (Wildman–Crippen MR) is 71.8 cm³/mol. The molecule has 0 aliphatic carbocycles. The number of nitrogens with two attached hydrogens (primary N) is 1. The van der Waals surface area contributed by atoms with Gasteiger partial charge >= 0.3 is 0 Å². The second-order valence-corrected chi connectivity index (χ2v) is 5.89. The molecule has 16 heavy (non-hydrogen) atoms. The van der Waals surface area contributed by atoms with Crippen molar-refractivity contribution in [3.05, 3.63) is 44.3 Å². The van der Waals surface area contributed by atoms with Crippen molar-refractivity contribution in [2.45, 2.75) is 25.8 Å². The summed E-state index contributed by atoms with van der Waals surface area (Å²) in [6.07, 6.45) is 2.07.